The maximum Gasteiger partial charge on any atom is 0.318 e. The molecule has 1 aliphatic heterocycles. The highest BCUT2D eigenvalue weighted by Crippen LogP contribution is 2.47. The van der Waals surface area contributed by atoms with Crippen molar-refractivity contribution in [2.24, 2.45) is 5.92 Å². The molecule has 40 heavy (non-hydrogen) atoms. The van der Waals surface area contributed by atoms with Gasteiger partial charge in [-0.3, -0.25) is 9.59 Å². The lowest BCUT2D eigenvalue weighted by atomic mass is 9.87. The maximum absolute atomic E-state index is 13.1. The lowest BCUT2D eigenvalue weighted by Gasteiger charge is -2.34. The van der Waals surface area contributed by atoms with E-state index in [1.54, 1.807) is 0 Å². The fourth-order valence-corrected chi connectivity index (χ4v) is 5.58. The number of hydrogen-bond donors (Lipinski definition) is 3. The van der Waals surface area contributed by atoms with Crippen molar-refractivity contribution < 1.29 is 14.4 Å². The summed E-state index contributed by atoms with van der Waals surface area (Å²) >= 11 is 0. The minimum Gasteiger partial charge on any atom is -0.352 e. The van der Waals surface area contributed by atoms with Crippen molar-refractivity contribution in [3.8, 4) is 11.1 Å². The molecule has 0 unspecified atom stereocenters. The van der Waals surface area contributed by atoms with E-state index in [4.69, 9.17) is 0 Å². The van der Waals surface area contributed by atoms with Crippen LogP contribution in [0.5, 0.6) is 0 Å². The summed E-state index contributed by atoms with van der Waals surface area (Å²) in [6, 6.07) is 22.1. The van der Waals surface area contributed by atoms with Gasteiger partial charge in [0, 0.05) is 43.7 Å². The smallest absolute Gasteiger partial charge is 0.318 e. The molecule has 3 aromatic rings. The molecule has 0 bridgehead atoms. The van der Waals surface area contributed by atoms with E-state index in [0.717, 1.165) is 34.4 Å². The number of anilines is 1. The van der Waals surface area contributed by atoms with Crippen molar-refractivity contribution in [2.75, 3.05) is 11.9 Å². The van der Waals surface area contributed by atoms with Gasteiger partial charge in [-0.05, 0) is 85.0 Å². The lowest BCUT2D eigenvalue weighted by molar-refractivity contribution is -0.122. The van der Waals surface area contributed by atoms with Crippen molar-refractivity contribution in [1.29, 1.82) is 0 Å². The number of carbonyl (C=O) groups excluding carboxylic acids is 3. The van der Waals surface area contributed by atoms with Crippen LogP contribution in [0.15, 0.2) is 66.7 Å². The fraction of sp³-hybridized carbons (Fsp3) is 0.364. The van der Waals surface area contributed by atoms with Crippen LogP contribution in [0.4, 0.5) is 10.5 Å². The third kappa shape index (κ3) is 6.36. The molecular weight excluding hydrogens is 500 g/mol. The second-order valence-electron chi connectivity index (χ2n) is 11.9. The molecule has 5 rings (SSSR count). The van der Waals surface area contributed by atoms with Gasteiger partial charge in [0.2, 0.25) is 11.8 Å². The monoisotopic (exact) mass is 538 g/mol. The van der Waals surface area contributed by atoms with Gasteiger partial charge in [-0.2, -0.15) is 0 Å². The molecule has 0 spiro atoms. The Balaban J connectivity index is 1.40. The quantitative estimate of drug-likeness (QED) is 0.382. The van der Waals surface area contributed by atoms with Crippen molar-refractivity contribution >= 4 is 23.5 Å². The minimum atomic E-state index is -0.334. The van der Waals surface area contributed by atoms with Crippen LogP contribution in [0, 0.1) is 5.92 Å². The number of rotatable bonds is 6. The topological polar surface area (TPSA) is 90.5 Å². The van der Waals surface area contributed by atoms with Gasteiger partial charge < -0.3 is 20.9 Å². The van der Waals surface area contributed by atoms with E-state index in [1.165, 1.54) is 18.1 Å². The SMILES string of the molecule is CC(=O)Nc1cccc(-c2ccc(CNC(=O)[C@@H]3C[C@H]3c3ccccc3)c3c2CCN(C(=O)NC(C)(C)C)C3)c1. The standard InChI is InChI=1S/C33H38N4O3/c1-21(38)35-25-12-8-11-23(17-25)26-14-13-24(19-34-31(39)29-18-28(29)22-9-6-5-7-10-22)30-20-37(16-15-27(26)30)32(40)36-33(2,3)4/h5-14,17,28-29H,15-16,18-20H2,1-4H3,(H,34,39)(H,35,38)(H,36,40)/t28-,29+/m0/s1. The molecule has 7 nitrogen and oxygen atoms in total. The molecular formula is C33H38N4O3. The zero-order valence-electron chi connectivity index (χ0n) is 23.7. The van der Waals surface area contributed by atoms with Crippen LogP contribution in [-0.4, -0.2) is 34.8 Å². The Bertz CT molecular complexity index is 1430. The fourth-order valence-electron chi connectivity index (χ4n) is 5.58. The number of nitrogens with one attached hydrogen (secondary N) is 3. The van der Waals surface area contributed by atoms with Crippen LogP contribution < -0.4 is 16.0 Å². The number of hydrogen-bond acceptors (Lipinski definition) is 3. The highest BCUT2D eigenvalue weighted by atomic mass is 16.2. The molecule has 2 aliphatic rings. The Labute approximate surface area is 236 Å². The average molecular weight is 539 g/mol. The molecule has 2 atom stereocenters. The summed E-state index contributed by atoms with van der Waals surface area (Å²) < 4.78 is 0. The molecule has 3 aromatic carbocycles. The summed E-state index contributed by atoms with van der Waals surface area (Å²) in [6.07, 6.45) is 1.57. The predicted octanol–water partition coefficient (Wildman–Crippen LogP) is 5.60. The number of fused-ring (bicyclic) bond motifs is 1. The highest BCUT2D eigenvalue weighted by Gasteiger charge is 2.43. The first kappa shape index (κ1) is 27.4. The first-order valence-corrected chi connectivity index (χ1v) is 14.0. The van der Waals surface area contributed by atoms with E-state index in [9.17, 15) is 14.4 Å². The number of benzene rings is 3. The van der Waals surface area contributed by atoms with E-state index in [2.05, 4.69) is 40.2 Å². The van der Waals surface area contributed by atoms with Gasteiger partial charge >= 0.3 is 6.03 Å². The maximum atomic E-state index is 13.1. The van der Waals surface area contributed by atoms with Gasteiger partial charge in [0.05, 0.1) is 0 Å². The number of amides is 4. The van der Waals surface area contributed by atoms with Crippen LogP contribution in [0.1, 0.15) is 62.3 Å². The molecule has 1 fully saturated rings. The molecule has 208 valence electrons. The van der Waals surface area contributed by atoms with Gasteiger partial charge in [-0.1, -0.05) is 54.6 Å². The summed E-state index contributed by atoms with van der Waals surface area (Å²) in [5, 5.41) is 9.13. The van der Waals surface area contributed by atoms with E-state index < -0.39 is 0 Å². The Hall–Kier alpha value is -4.13. The molecule has 0 radical (unpaired) electrons. The summed E-state index contributed by atoms with van der Waals surface area (Å²) in [7, 11) is 0. The van der Waals surface area contributed by atoms with Crippen LogP contribution in [0.2, 0.25) is 0 Å². The predicted molar refractivity (Wildman–Crippen MR) is 158 cm³/mol. The largest absolute Gasteiger partial charge is 0.352 e. The molecule has 3 N–H and O–H groups in total. The molecule has 0 aromatic heterocycles. The summed E-state index contributed by atoms with van der Waals surface area (Å²) in [5.74, 6) is 0.247. The number of carbonyl (C=O) groups is 3. The average Bonchev–Trinajstić information content (AvgIpc) is 3.72. The van der Waals surface area contributed by atoms with Crippen molar-refractivity contribution in [3.63, 3.8) is 0 Å². The molecule has 1 saturated carbocycles. The summed E-state index contributed by atoms with van der Waals surface area (Å²) in [4.78, 5) is 39.6. The van der Waals surface area contributed by atoms with E-state index >= 15 is 0 Å². The van der Waals surface area contributed by atoms with Crippen LogP contribution in [0.3, 0.4) is 0 Å². The van der Waals surface area contributed by atoms with E-state index in [-0.39, 0.29) is 35.2 Å². The van der Waals surface area contributed by atoms with Gasteiger partial charge in [-0.25, -0.2) is 4.79 Å². The van der Waals surface area contributed by atoms with Crippen molar-refractivity contribution in [1.82, 2.24) is 15.5 Å². The first-order chi connectivity index (χ1) is 19.1. The third-order valence-corrected chi connectivity index (χ3v) is 7.58. The molecule has 7 heteroatoms. The summed E-state index contributed by atoms with van der Waals surface area (Å²) in [6.45, 7) is 8.92. The van der Waals surface area contributed by atoms with Crippen molar-refractivity contribution in [3.05, 3.63) is 89.0 Å². The molecule has 0 saturated heterocycles. The van der Waals surface area contributed by atoms with Gasteiger partial charge in [0.25, 0.3) is 0 Å². The van der Waals surface area contributed by atoms with E-state index in [0.29, 0.717) is 26.1 Å². The Morgan fingerprint density at radius 2 is 1.73 bits per heavy atom. The number of urea groups is 1. The zero-order valence-corrected chi connectivity index (χ0v) is 23.7. The van der Waals surface area contributed by atoms with E-state index in [1.807, 2.05) is 68.1 Å². The second kappa shape index (κ2) is 11.2. The second-order valence-corrected chi connectivity index (χ2v) is 11.9. The zero-order chi connectivity index (χ0) is 28.4. The first-order valence-electron chi connectivity index (χ1n) is 14.0. The van der Waals surface area contributed by atoms with Gasteiger partial charge in [-0.15, -0.1) is 0 Å². The Kier molecular flexibility index (Phi) is 7.66. The van der Waals surface area contributed by atoms with Crippen LogP contribution in [-0.2, 0) is 29.1 Å². The normalized spacial score (nSPS) is 17.9. The summed E-state index contributed by atoms with van der Waals surface area (Å²) in [5.41, 5.74) is 7.00. The van der Waals surface area contributed by atoms with Gasteiger partial charge in [0.15, 0.2) is 0 Å². The van der Waals surface area contributed by atoms with Gasteiger partial charge in [0.1, 0.15) is 0 Å². The van der Waals surface area contributed by atoms with Crippen LogP contribution in [0.25, 0.3) is 11.1 Å². The molecule has 4 amide bonds. The minimum absolute atomic E-state index is 0.00285. The molecule has 1 heterocycles. The van der Waals surface area contributed by atoms with Crippen molar-refractivity contribution in [2.45, 2.75) is 65.1 Å². The van der Waals surface area contributed by atoms with Crippen LogP contribution >= 0.6 is 0 Å². The third-order valence-electron chi connectivity index (χ3n) is 7.58. The number of nitrogens with zero attached hydrogens (tertiary/aromatic N) is 1. The highest BCUT2D eigenvalue weighted by molar-refractivity contribution is 5.90. The Morgan fingerprint density at radius 3 is 2.45 bits per heavy atom. The lowest BCUT2D eigenvalue weighted by Crippen LogP contribution is -2.50. The Morgan fingerprint density at radius 1 is 0.950 bits per heavy atom. The molecule has 1 aliphatic carbocycles.